The third-order valence-corrected chi connectivity index (χ3v) is 2.52. The molecule has 0 aliphatic rings. The van der Waals surface area contributed by atoms with Crippen molar-refractivity contribution in [3.05, 3.63) is 42.4 Å². The first-order valence-corrected chi connectivity index (χ1v) is 6.22. The Bertz CT molecular complexity index is 601. The highest BCUT2D eigenvalue weighted by molar-refractivity contribution is 6.04. The lowest BCUT2D eigenvalue weighted by Crippen LogP contribution is -2.12. The van der Waals surface area contributed by atoms with Gasteiger partial charge in [0.1, 0.15) is 12.4 Å². The van der Waals surface area contributed by atoms with Crippen molar-refractivity contribution in [2.75, 3.05) is 25.6 Å². The van der Waals surface area contributed by atoms with Crippen LogP contribution in [-0.2, 0) is 4.74 Å². The number of aromatic nitrogens is 2. The Kier molecular flexibility index (Phi) is 5.05. The summed E-state index contributed by atoms with van der Waals surface area (Å²) in [6, 6.07) is 4.65. The molecule has 2 heterocycles. The molecular formula is C14H15N3O4. The van der Waals surface area contributed by atoms with Crippen LogP contribution in [0.1, 0.15) is 10.4 Å². The fourth-order valence-electron chi connectivity index (χ4n) is 1.52. The van der Waals surface area contributed by atoms with Crippen LogP contribution in [0.15, 0.2) is 36.8 Å². The average molecular weight is 289 g/mol. The lowest BCUT2D eigenvalue weighted by molar-refractivity contribution is 0.102. The summed E-state index contributed by atoms with van der Waals surface area (Å²) in [6.45, 7) is 0.884. The minimum Gasteiger partial charge on any atom is -0.506 e. The Balaban J connectivity index is 1.95. The number of rotatable bonds is 6. The molecule has 7 heteroatoms. The van der Waals surface area contributed by atoms with Crippen LogP contribution >= 0.6 is 0 Å². The molecule has 0 spiro atoms. The smallest absolute Gasteiger partial charge is 0.257 e. The average Bonchev–Trinajstić information content (AvgIpc) is 2.49. The maximum Gasteiger partial charge on any atom is 0.257 e. The molecular weight excluding hydrogens is 274 g/mol. The van der Waals surface area contributed by atoms with Crippen molar-refractivity contribution >= 4 is 11.6 Å². The first-order chi connectivity index (χ1) is 10.2. The summed E-state index contributed by atoms with van der Waals surface area (Å²) in [5.41, 5.74) is 0.776. The Morgan fingerprint density at radius 2 is 2.14 bits per heavy atom. The molecule has 2 N–H and O–H groups in total. The maximum absolute atomic E-state index is 11.9. The zero-order chi connectivity index (χ0) is 15.1. The molecule has 1 amide bonds. The van der Waals surface area contributed by atoms with Crippen molar-refractivity contribution in [3.63, 3.8) is 0 Å². The van der Waals surface area contributed by atoms with Gasteiger partial charge in [-0.25, -0.2) is 4.98 Å². The third kappa shape index (κ3) is 4.43. The van der Waals surface area contributed by atoms with Crippen LogP contribution in [0, 0.1) is 0 Å². The highest BCUT2D eigenvalue weighted by Gasteiger charge is 2.07. The van der Waals surface area contributed by atoms with Crippen molar-refractivity contribution in [1.82, 2.24) is 9.97 Å². The summed E-state index contributed by atoms with van der Waals surface area (Å²) in [5, 5.41) is 11.9. The van der Waals surface area contributed by atoms with Gasteiger partial charge in [0, 0.05) is 19.4 Å². The van der Waals surface area contributed by atoms with Crippen LogP contribution in [-0.4, -0.2) is 41.3 Å². The van der Waals surface area contributed by atoms with E-state index in [-0.39, 0.29) is 17.2 Å². The molecule has 0 unspecified atom stereocenters. The predicted molar refractivity (Wildman–Crippen MR) is 75.5 cm³/mol. The van der Waals surface area contributed by atoms with Crippen LogP contribution in [0.4, 0.5) is 5.69 Å². The molecule has 7 nitrogen and oxygen atoms in total. The lowest BCUT2D eigenvalue weighted by Gasteiger charge is -2.07. The number of hydrogen-bond donors (Lipinski definition) is 2. The standard InChI is InChI=1S/C14H15N3O4/c1-20-4-5-21-13-3-2-11(8-16-13)17-14(19)10-6-12(18)9-15-7-10/h2-3,6-9,18H,4-5H2,1H3,(H,17,19). The van der Waals surface area contributed by atoms with Crippen LogP contribution < -0.4 is 10.1 Å². The number of anilines is 1. The van der Waals surface area contributed by atoms with Crippen LogP contribution in [0.25, 0.3) is 0 Å². The van der Waals surface area contributed by atoms with Gasteiger partial charge in [0.15, 0.2) is 0 Å². The van der Waals surface area contributed by atoms with Gasteiger partial charge in [-0.05, 0) is 12.1 Å². The molecule has 2 aromatic heterocycles. The van der Waals surface area contributed by atoms with E-state index in [0.29, 0.717) is 24.8 Å². The number of pyridine rings is 2. The quantitative estimate of drug-likeness (QED) is 0.782. The molecule has 0 saturated carbocycles. The molecule has 0 aromatic carbocycles. The number of ether oxygens (including phenoxy) is 2. The van der Waals surface area contributed by atoms with E-state index in [1.807, 2.05) is 0 Å². The number of nitrogens with zero attached hydrogens (tertiary/aromatic N) is 2. The van der Waals surface area contributed by atoms with Gasteiger partial charge in [-0.2, -0.15) is 0 Å². The van der Waals surface area contributed by atoms with Crippen LogP contribution in [0.2, 0.25) is 0 Å². The number of hydrogen-bond acceptors (Lipinski definition) is 6. The molecule has 0 fully saturated rings. The highest BCUT2D eigenvalue weighted by Crippen LogP contribution is 2.14. The van der Waals surface area contributed by atoms with E-state index in [1.165, 1.54) is 24.7 Å². The van der Waals surface area contributed by atoms with Crippen molar-refractivity contribution < 1.29 is 19.4 Å². The minimum atomic E-state index is -0.381. The zero-order valence-corrected chi connectivity index (χ0v) is 11.4. The van der Waals surface area contributed by atoms with E-state index in [4.69, 9.17) is 9.47 Å². The Labute approximate surface area is 121 Å². The Morgan fingerprint density at radius 3 is 2.81 bits per heavy atom. The molecule has 0 bridgehead atoms. The van der Waals surface area contributed by atoms with Crippen molar-refractivity contribution in [2.24, 2.45) is 0 Å². The second-order valence-electron chi connectivity index (χ2n) is 4.11. The number of carbonyl (C=O) groups is 1. The van der Waals surface area contributed by atoms with Crippen LogP contribution in [0.5, 0.6) is 11.6 Å². The van der Waals surface area contributed by atoms with Gasteiger partial charge >= 0.3 is 0 Å². The fourth-order valence-corrected chi connectivity index (χ4v) is 1.52. The second kappa shape index (κ2) is 7.20. The van der Waals surface area contributed by atoms with E-state index in [2.05, 4.69) is 15.3 Å². The van der Waals surface area contributed by atoms with E-state index in [0.717, 1.165) is 0 Å². The zero-order valence-electron chi connectivity index (χ0n) is 11.4. The SMILES string of the molecule is COCCOc1ccc(NC(=O)c2cncc(O)c2)cn1. The van der Waals surface area contributed by atoms with Crippen molar-refractivity contribution in [2.45, 2.75) is 0 Å². The molecule has 110 valence electrons. The monoisotopic (exact) mass is 289 g/mol. The van der Waals surface area contributed by atoms with Gasteiger partial charge in [-0.15, -0.1) is 0 Å². The normalized spacial score (nSPS) is 10.1. The Hall–Kier alpha value is -2.67. The first-order valence-electron chi connectivity index (χ1n) is 6.22. The lowest BCUT2D eigenvalue weighted by atomic mass is 10.2. The molecule has 0 atom stereocenters. The summed E-state index contributed by atoms with van der Waals surface area (Å²) < 4.78 is 10.2. The second-order valence-corrected chi connectivity index (χ2v) is 4.11. The number of nitrogens with one attached hydrogen (secondary N) is 1. The Morgan fingerprint density at radius 1 is 1.29 bits per heavy atom. The molecule has 2 aromatic rings. The first kappa shape index (κ1) is 14.7. The van der Waals surface area contributed by atoms with E-state index in [1.54, 1.807) is 19.2 Å². The topological polar surface area (TPSA) is 93.6 Å². The molecule has 0 radical (unpaired) electrons. The summed E-state index contributed by atoms with van der Waals surface area (Å²) in [6.07, 6.45) is 4.10. The minimum absolute atomic E-state index is 0.0670. The summed E-state index contributed by atoms with van der Waals surface area (Å²) in [7, 11) is 1.59. The number of methoxy groups -OCH3 is 1. The van der Waals surface area contributed by atoms with Crippen molar-refractivity contribution in [1.29, 1.82) is 0 Å². The number of amides is 1. The van der Waals surface area contributed by atoms with Gasteiger partial charge in [0.25, 0.3) is 5.91 Å². The molecule has 0 saturated heterocycles. The predicted octanol–water partition coefficient (Wildman–Crippen LogP) is 1.46. The highest BCUT2D eigenvalue weighted by atomic mass is 16.5. The van der Waals surface area contributed by atoms with Gasteiger partial charge < -0.3 is 19.9 Å². The molecule has 0 aliphatic heterocycles. The van der Waals surface area contributed by atoms with E-state index in [9.17, 15) is 9.90 Å². The number of aromatic hydroxyl groups is 1. The summed E-state index contributed by atoms with van der Waals surface area (Å²) in [5.74, 6) is -0.0000106. The van der Waals surface area contributed by atoms with Gasteiger partial charge in [0.05, 0.1) is 30.3 Å². The fraction of sp³-hybridized carbons (Fsp3) is 0.214. The van der Waals surface area contributed by atoms with Gasteiger partial charge in [0.2, 0.25) is 5.88 Å². The van der Waals surface area contributed by atoms with Crippen LogP contribution in [0.3, 0.4) is 0 Å². The van der Waals surface area contributed by atoms with E-state index >= 15 is 0 Å². The molecule has 0 aliphatic carbocycles. The molecule has 21 heavy (non-hydrogen) atoms. The number of carbonyl (C=O) groups excluding carboxylic acids is 1. The largest absolute Gasteiger partial charge is 0.506 e. The summed E-state index contributed by atoms with van der Waals surface area (Å²) >= 11 is 0. The van der Waals surface area contributed by atoms with Gasteiger partial charge in [-0.1, -0.05) is 0 Å². The van der Waals surface area contributed by atoms with Crippen molar-refractivity contribution in [3.8, 4) is 11.6 Å². The molecule has 2 rings (SSSR count). The third-order valence-electron chi connectivity index (χ3n) is 2.52. The van der Waals surface area contributed by atoms with E-state index < -0.39 is 0 Å². The van der Waals surface area contributed by atoms with Gasteiger partial charge in [-0.3, -0.25) is 9.78 Å². The maximum atomic E-state index is 11.9. The summed E-state index contributed by atoms with van der Waals surface area (Å²) in [4.78, 5) is 19.7.